The van der Waals surface area contributed by atoms with E-state index in [0.717, 1.165) is 21.5 Å². The van der Waals surface area contributed by atoms with Crippen molar-refractivity contribution in [1.82, 2.24) is 25.1 Å². The van der Waals surface area contributed by atoms with Crippen LogP contribution in [0.5, 0.6) is 5.88 Å². The van der Waals surface area contributed by atoms with E-state index in [9.17, 15) is 4.79 Å². The molecular weight excluding hydrogens is 398 g/mol. The zero-order valence-electron chi connectivity index (χ0n) is 17.3. The van der Waals surface area contributed by atoms with Crippen LogP contribution in [0.25, 0.3) is 21.6 Å². The highest BCUT2D eigenvalue weighted by atomic mass is 32.1. The van der Waals surface area contributed by atoms with Gasteiger partial charge >= 0.3 is 0 Å². The second-order valence-corrected chi connectivity index (χ2v) is 8.53. The molecule has 0 aliphatic carbocycles. The fourth-order valence-electron chi connectivity index (χ4n) is 3.30. The normalized spacial score (nSPS) is 11.2. The number of pyridine rings is 2. The van der Waals surface area contributed by atoms with Crippen LogP contribution in [0.1, 0.15) is 40.7 Å². The van der Waals surface area contributed by atoms with Gasteiger partial charge in [-0.05, 0) is 45.0 Å². The average molecular weight is 422 g/mol. The second kappa shape index (κ2) is 8.23. The molecule has 8 heteroatoms. The van der Waals surface area contributed by atoms with Crippen molar-refractivity contribution in [3.63, 3.8) is 0 Å². The molecule has 0 radical (unpaired) electrons. The van der Waals surface area contributed by atoms with Gasteiger partial charge in [0.25, 0.3) is 5.91 Å². The fraction of sp³-hybridized carbons (Fsp3) is 0.273. The van der Waals surface area contributed by atoms with Gasteiger partial charge in [0.05, 0.1) is 34.8 Å². The molecule has 0 aliphatic rings. The molecular formula is C22H23N5O2S. The summed E-state index contributed by atoms with van der Waals surface area (Å²) in [7, 11) is 1.57. The average Bonchev–Trinajstić information content (AvgIpc) is 3.37. The maximum absolute atomic E-state index is 13.2. The number of rotatable bonds is 6. The fourth-order valence-corrected chi connectivity index (χ4v) is 4.12. The van der Waals surface area contributed by atoms with Gasteiger partial charge in [-0.1, -0.05) is 6.07 Å². The van der Waals surface area contributed by atoms with Crippen molar-refractivity contribution in [3.05, 3.63) is 58.7 Å². The molecule has 4 aromatic heterocycles. The number of thiophene rings is 1. The monoisotopic (exact) mass is 421 g/mol. The van der Waals surface area contributed by atoms with Crippen molar-refractivity contribution < 1.29 is 9.53 Å². The molecule has 4 rings (SSSR count). The number of amides is 1. The Kier molecular flexibility index (Phi) is 5.50. The lowest BCUT2D eigenvalue weighted by Crippen LogP contribution is -2.23. The number of carbonyl (C=O) groups is 1. The molecule has 1 N–H and O–H groups in total. The van der Waals surface area contributed by atoms with E-state index in [0.29, 0.717) is 23.6 Å². The van der Waals surface area contributed by atoms with Crippen molar-refractivity contribution in [2.75, 3.05) is 7.11 Å². The van der Waals surface area contributed by atoms with Gasteiger partial charge in [-0.15, -0.1) is 11.3 Å². The van der Waals surface area contributed by atoms with Crippen LogP contribution in [0.15, 0.2) is 42.7 Å². The van der Waals surface area contributed by atoms with Crippen molar-refractivity contribution in [2.24, 2.45) is 0 Å². The summed E-state index contributed by atoms with van der Waals surface area (Å²) in [6.07, 6.45) is 3.37. The van der Waals surface area contributed by atoms with Crippen LogP contribution < -0.4 is 10.1 Å². The predicted molar refractivity (Wildman–Crippen MR) is 118 cm³/mol. The first kappa shape index (κ1) is 20.0. The minimum atomic E-state index is -0.189. The first-order valence-electron chi connectivity index (χ1n) is 9.69. The lowest BCUT2D eigenvalue weighted by atomic mass is 10.1. The van der Waals surface area contributed by atoms with Gasteiger partial charge in [-0.3, -0.25) is 4.79 Å². The Morgan fingerprint density at radius 3 is 2.83 bits per heavy atom. The molecule has 4 aromatic rings. The largest absolute Gasteiger partial charge is 0.481 e. The van der Waals surface area contributed by atoms with Crippen LogP contribution in [-0.2, 0) is 6.54 Å². The number of aromatic nitrogens is 4. The summed E-state index contributed by atoms with van der Waals surface area (Å²) in [6.45, 7) is 6.46. The van der Waals surface area contributed by atoms with E-state index in [-0.39, 0.29) is 11.9 Å². The summed E-state index contributed by atoms with van der Waals surface area (Å²) >= 11 is 1.65. The Morgan fingerprint density at radius 1 is 1.30 bits per heavy atom. The molecule has 0 aromatic carbocycles. The number of aryl methyl sites for hydroxylation is 1. The van der Waals surface area contributed by atoms with Crippen LogP contribution in [0.2, 0.25) is 0 Å². The molecule has 0 spiro atoms. The summed E-state index contributed by atoms with van der Waals surface area (Å²) in [6, 6.07) is 9.76. The number of nitrogens with zero attached hydrogens (tertiary/aromatic N) is 4. The van der Waals surface area contributed by atoms with Gasteiger partial charge in [0.2, 0.25) is 5.88 Å². The van der Waals surface area contributed by atoms with Crippen LogP contribution in [0.3, 0.4) is 0 Å². The van der Waals surface area contributed by atoms with Gasteiger partial charge in [0, 0.05) is 29.2 Å². The van der Waals surface area contributed by atoms with E-state index >= 15 is 0 Å². The molecule has 0 bridgehead atoms. The number of ether oxygens (including phenoxy) is 1. The highest BCUT2D eigenvalue weighted by Gasteiger charge is 2.19. The Labute approximate surface area is 178 Å². The molecule has 4 heterocycles. The third-order valence-corrected chi connectivity index (χ3v) is 5.80. The molecule has 0 aliphatic heterocycles. The summed E-state index contributed by atoms with van der Waals surface area (Å²) < 4.78 is 7.13. The molecule has 30 heavy (non-hydrogen) atoms. The van der Waals surface area contributed by atoms with Gasteiger partial charge in [0.15, 0.2) is 5.65 Å². The second-order valence-electron chi connectivity index (χ2n) is 7.24. The Morgan fingerprint density at radius 2 is 2.13 bits per heavy atom. The Balaban J connectivity index is 1.74. The van der Waals surface area contributed by atoms with Gasteiger partial charge in [0.1, 0.15) is 0 Å². The molecule has 0 saturated heterocycles. The molecule has 0 atom stereocenters. The zero-order valence-corrected chi connectivity index (χ0v) is 18.2. The zero-order chi connectivity index (χ0) is 21.3. The first-order chi connectivity index (χ1) is 14.5. The number of nitrogens with one attached hydrogen (secondary N) is 1. The standard InChI is InChI=1S/C22H23N5O2S/c1-13(2)27-20-17(12-25-27)16(10-18(26-20)19-8-7-14(3)30-19)21(28)24-11-15-6-5-9-23-22(15)29-4/h5-10,12-13H,11H2,1-4H3,(H,24,28). The lowest BCUT2D eigenvalue weighted by Gasteiger charge is -2.11. The van der Waals surface area contributed by atoms with Gasteiger partial charge in [-0.2, -0.15) is 5.10 Å². The molecule has 0 saturated carbocycles. The number of fused-ring (bicyclic) bond motifs is 1. The van der Waals surface area contributed by atoms with Crippen LogP contribution in [0, 0.1) is 6.92 Å². The van der Waals surface area contributed by atoms with Crippen molar-refractivity contribution in [1.29, 1.82) is 0 Å². The molecule has 7 nitrogen and oxygen atoms in total. The molecule has 0 fully saturated rings. The predicted octanol–water partition coefficient (Wildman–Crippen LogP) is 4.38. The Hall–Kier alpha value is -3.26. The summed E-state index contributed by atoms with van der Waals surface area (Å²) in [4.78, 5) is 24.4. The van der Waals surface area contributed by atoms with E-state index < -0.39 is 0 Å². The van der Waals surface area contributed by atoms with E-state index in [4.69, 9.17) is 9.72 Å². The first-order valence-corrected chi connectivity index (χ1v) is 10.5. The SMILES string of the molecule is COc1ncccc1CNC(=O)c1cc(-c2ccc(C)s2)nc2c1cnn2C(C)C. The third-order valence-electron chi connectivity index (χ3n) is 4.78. The molecule has 154 valence electrons. The van der Waals surface area contributed by atoms with Crippen LogP contribution in [0.4, 0.5) is 0 Å². The number of hydrogen-bond acceptors (Lipinski definition) is 6. The van der Waals surface area contributed by atoms with Gasteiger partial charge in [-0.25, -0.2) is 14.6 Å². The highest BCUT2D eigenvalue weighted by Crippen LogP contribution is 2.30. The van der Waals surface area contributed by atoms with Crippen LogP contribution in [-0.4, -0.2) is 32.8 Å². The minimum Gasteiger partial charge on any atom is -0.481 e. The number of hydrogen-bond donors (Lipinski definition) is 1. The molecule has 0 unspecified atom stereocenters. The summed E-state index contributed by atoms with van der Waals surface area (Å²) in [5.74, 6) is 0.311. The van der Waals surface area contributed by atoms with Crippen molar-refractivity contribution in [3.8, 4) is 16.5 Å². The van der Waals surface area contributed by atoms with E-state index in [1.165, 1.54) is 4.88 Å². The van der Waals surface area contributed by atoms with E-state index in [2.05, 4.69) is 28.4 Å². The summed E-state index contributed by atoms with van der Waals surface area (Å²) in [5.41, 5.74) is 2.84. The van der Waals surface area contributed by atoms with Crippen molar-refractivity contribution in [2.45, 2.75) is 33.4 Å². The van der Waals surface area contributed by atoms with Crippen molar-refractivity contribution >= 4 is 28.3 Å². The third kappa shape index (κ3) is 3.78. The topological polar surface area (TPSA) is 81.9 Å². The molecule has 1 amide bonds. The lowest BCUT2D eigenvalue weighted by molar-refractivity contribution is 0.0952. The van der Waals surface area contributed by atoms with Crippen LogP contribution >= 0.6 is 11.3 Å². The minimum absolute atomic E-state index is 0.130. The number of methoxy groups -OCH3 is 1. The van der Waals surface area contributed by atoms with E-state index in [1.54, 1.807) is 30.8 Å². The van der Waals surface area contributed by atoms with Gasteiger partial charge < -0.3 is 10.1 Å². The highest BCUT2D eigenvalue weighted by molar-refractivity contribution is 7.15. The summed E-state index contributed by atoms with van der Waals surface area (Å²) in [5, 5.41) is 8.19. The Bertz CT molecular complexity index is 1210. The maximum Gasteiger partial charge on any atom is 0.252 e. The smallest absolute Gasteiger partial charge is 0.252 e. The van der Waals surface area contributed by atoms with E-state index in [1.807, 2.05) is 42.8 Å². The quantitative estimate of drug-likeness (QED) is 0.500. The number of carbonyl (C=O) groups excluding carboxylic acids is 1. The maximum atomic E-state index is 13.2.